The maximum atomic E-state index is 12.5. The van der Waals surface area contributed by atoms with Crippen LogP contribution in [0.25, 0.3) is 10.8 Å². The van der Waals surface area contributed by atoms with Gasteiger partial charge in [0.1, 0.15) is 5.76 Å². The Bertz CT molecular complexity index is 1100. The summed E-state index contributed by atoms with van der Waals surface area (Å²) < 4.78 is 6.62. The molecule has 0 spiro atoms. The number of aromatic nitrogens is 2. The Morgan fingerprint density at radius 3 is 2.86 bits per heavy atom. The molecule has 1 N–H and O–H groups in total. The highest BCUT2D eigenvalue weighted by atomic mass is 32.2. The first-order chi connectivity index (χ1) is 13.7. The van der Waals surface area contributed by atoms with Gasteiger partial charge in [0, 0.05) is 6.42 Å². The molecule has 28 heavy (non-hydrogen) atoms. The van der Waals surface area contributed by atoms with Crippen LogP contribution < -0.4 is 5.32 Å². The van der Waals surface area contributed by atoms with Gasteiger partial charge < -0.3 is 9.73 Å². The maximum Gasteiger partial charge on any atom is 0.230 e. The van der Waals surface area contributed by atoms with Gasteiger partial charge in [-0.25, -0.2) is 9.97 Å². The number of thiazole rings is 1. The maximum absolute atomic E-state index is 12.5. The van der Waals surface area contributed by atoms with E-state index < -0.39 is 0 Å². The van der Waals surface area contributed by atoms with E-state index in [2.05, 4.69) is 27.4 Å². The SMILES string of the molecule is CCc1cnc(CSc2cnc(NC(=O)Cc3cccc4ccccc34)s2)o1. The van der Waals surface area contributed by atoms with E-state index >= 15 is 0 Å². The summed E-state index contributed by atoms with van der Waals surface area (Å²) in [5.74, 6) is 2.17. The number of rotatable bonds is 7. The van der Waals surface area contributed by atoms with Gasteiger partial charge in [-0.15, -0.1) is 11.8 Å². The van der Waals surface area contributed by atoms with Crippen LogP contribution >= 0.6 is 23.1 Å². The summed E-state index contributed by atoms with van der Waals surface area (Å²) in [7, 11) is 0. The summed E-state index contributed by atoms with van der Waals surface area (Å²) in [5.41, 5.74) is 1.01. The summed E-state index contributed by atoms with van der Waals surface area (Å²) in [5, 5.41) is 5.75. The largest absolute Gasteiger partial charge is 0.445 e. The van der Waals surface area contributed by atoms with Crippen LogP contribution in [0.5, 0.6) is 0 Å². The van der Waals surface area contributed by atoms with Gasteiger partial charge in [0.2, 0.25) is 11.8 Å². The van der Waals surface area contributed by atoms with Crippen molar-refractivity contribution in [3.63, 3.8) is 0 Å². The first-order valence-electron chi connectivity index (χ1n) is 9.00. The predicted molar refractivity (Wildman–Crippen MR) is 114 cm³/mol. The number of carbonyl (C=O) groups is 1. The number of amides is 1. The monoisotopic (exact) mass is 409 g/mol. The van der Waals surface area contributed by atoms with E-state index in [1.54, 1.807) is 24.2 Å². The first-order valence-corrected chi connectivity index (χ1v) is 10.8. The average Bonchev–Trinajstić information content (AvgIpc) is 3.35. The average molecular weight is 410 g/mol. The van der Waals surface area contributed by atoms with Gasteiger partial charge in [0.25, 0.3) is 0 Å². The van der Waals surface area contributed by atoms with E-state index in [4.69, 9.17) is 4.42 Å². The number of anilines is 1. The number of thioether (sulfide) groups is 1. The minimum Gasteiger partial charge on any atom is -0.445 e. The predicted octanol–water partition coefficient (Wildman–Crippen LogP) is 5.32. The molecule has 4 rings (SSSR count). The van der Waals surface area contributed by atoms with Crippen molar-refractivity contribution in [1.82, 2.24) is 9.97 Å². The van der Waals surface area contributed by atoms with Crippen molar-refractivity contribution in [3.05, 3.63) is 72.1 Å². The number of carbonyl (C=O) groups excluding carboxylic acids is 1. The Balaban J connectivity index is 1.36. The number of hydrogen-bond acceptors (Lipinski definition) is 6. The van der Waals surface area contributed by atoms with Crippen LogP contribution in [-0.2, 0) is 23.4 Å². The van der Waals surface area contributed by atoms with Gasteiger partial charge >= 0.3 is 0 Å². The third-order valence-electron chi connectivity index (χ3n) is 4.25. The van der Waals surface area contributed by atoms with Crippen LogP contribution in [0, 0.1) is 0 Å². The molecule has 7 heteroatoms. The lowest BCUT2D eigenvalue weighted by Gasteiger charge is -2.06. The van der Waals surface area contributed by atoms with Crippen LogP contribution in [0.1, 0.15) is 24.1 Å². The molecule has 0 saturated heterocycles. The van der Waals surface area contributed by atoms with E-state index in [9.17, 15) is 4.79 Å². The summed E-state index contributed by atoms with van der Waals surface area (Å²) >= 11 is 3.06. The Morgan fingerprint density at radius 1 is 1.14 bits per heavy atom. The quantitative estimate of drug-likeness (QED) is 0.418. The highest BCUT2D eigenvalue weighted by Gasteiger charge is 2.11. The third kappa shape index (κ3) is 4.43. The topological polar surface area (TPSA) is 68.0 Å². The molecule has 2 aromatic carbocycles. The van der Waals surface area contributed by atoms with Crippen LogP contribution in [0.15, 0.2) is 63.5 Å². The van der Waals surface area contributed by atoms with Crippen LogP contribution in [0.3, 0.4) is 0 Å². The van der Waals surface area contributed by atoms with E-state index in [-0.39, 0.29) is 5.91 Å². The van der Waals surface area contributed by atoms with E-state index in [1.807, 2.05) is 37.3 Å². The molecule has 0 fully saturated rings. The zero-order valence-corrected chi connectivity index (χ0v) is 17.0. The second-order valence-corrected chi connectivity index (χ2v) is 8.52. The van der Waals surface area contributed by atoms with Gasteiger partial charge in [0.05, 0.1) is 28.8 Å². The fourth-order valence-electron chi connectivity index (χ4n) is 2.88. The molecule has 0 radical (unpaired) electrons. The van der Waals surface area contributed by atoms with Crippen LogP contribution in [0.4, 0.5) is 5.13 Å². The molecule has 0 aliphatic heterocycles. The minimum absolute atomic E-state index is 0.0671. The molecule has 5 nitrogen and oxygen atoms in total. The highest BCUT2D eigenvalue weighted by molar-refractivity contribution is 8.00. The van der Waals surface area contributed by atoms with Crippen molar-refractivity contribution >= 4 is 44.9 Å². The molecule has 0 bridgehead atoms. The number of nitrogens with zero attached hydrogens (tertiary/aromatic N) is 2. The van der Waals surface area contributed by atoms with Crippen LogP contribution in [-0.4, -0.2) is 15.9 Å². The number of nitrogens with one attached hydrogen (secondary N) is 1. The molecule has 0 saturated carbocycles. The Kier molecular flexibility index (Phi) is 5.73. The normalized spacial score (nSPS) is 11.0. The van der Waals surface area contributed by atoms with E-state index in [0.29, 0.717) is 23.2 Å². The van der Waals surface area contributed by atoms with Gasteiger partial charge in [-0.2, -0.15) is 0 Å². The summed E-state index contributed by atoms with van der Waals surface area (Å²) in [4.78, 5) is 21.0. The van der Waals surface area contributed by atoms with Crippen molar-refractivity contribution < 1.29 is 9.21 Å². The molecule has 2 heterocycles. The lowest BCUT2D eigenvalue weighted by Crippen LogP contribution is -2.14. The summed E-state index contributed by atoms with van der Waals surface area (Å²) in [6, 6.07) is 14.1. The lowest BCUT2D eigenvalue weighted by molar-refractivity contribution is -0.115. The summed E-state index contributed by atoms with van der Waals surface area (Å²) in [6.45, 7) is 2.04. The molecular weight excluding hydrogens is 390 g/mol. The first kappa shape index (κ1) is 18.7. The Morgan fingerprint density at radius 2 is 2.00 bits per heavy atom. The zero-order chi connectivity index (χ0) is 19.3. The van der Waals surface area contributed by atoms with Crippen molar-refractivity contribution in [2.45, 2.75) is 29.7 Å². The molecule has 2 aromatic heterocycles. The standard InChI is InChI=1S/C21H19N3O2S2/c1-2-16-11-22-19(26-16)13-27-20-12-23-21(28-20)24-18(25)10-15-8-5-7-14-6-3-4-9-17(14)15/h3-9,11-12H,2,10,13H2,1H3,(H,23,24,25). The number of fused-ring (bicyclic) bond motifs is 1. The zero-order valence-electron chi connectivity index (χ0n) is 15.3. The van der Waals surface area contributed by atoms with Gasteiger partial charge in [0.15, 0.2) is 5.13 Å². The number of aryl methyl sites for hydroxylation is 1. The number of hydrogen-bond donors (Lipinski definition) is 1. The van der Waals surface area contributed by atoms with Crippen LogP contribution in [0.2, 0.25) is 0 Å². The van der Waals surface area contributed by atoms with Crippen molar-refractivity contribution in [2.75, 3.05) is 5.32 Å². The second-order valence-electron chi connectivity index (χ2n) is 6.21. The minimum atomic E-state index is -0.0671. The number of benzene rings is 2. The Labute approximate surface area is 171 Å². The van der Waals surface area contributed by atoms with Crippen molar-refractivity contribution in [3.8, 4) is 0 Å². The second kappa shape index (κ2) is 8.58. The molecule has 0 atom stereocenters. The van der Waals surface area contributed by atoms with Gasteiger partial charge in [-0.1, -0.05) is 60.7 Å². The molecule has 1 amide bonds. The highest BCUT2D eigenvalue weighted by Crippen LogP contribution is 2.30. The fraction of sp³-hybridized carbons (Fsp3) is 0.190. The van der Waals surface area contributed by atoms with Crippen molar-refractivity contribution in [2.24, 2.45) is 0 Å². The lowest BCUT2D eigenvalue weighted by atomic mass is 10.0. The summed E-state index contributed by atoms with van der Waals surface area (Å²) in [6.07, 6.45) is 4.69. The molecular formula is C21H19N3O2S2. The molecule has 4 aromatic rings. The van der Waals surface area contributed by atoms with E-state index in [1.165, 1.54) is 11.3 Å². The number of oxazole rings is 1. The molecule has 0 unspecified atom stereocenters. The molecule has 0 aliphatic rings. The smallest absolute Gasteiger partial charge is 0.230 e. The van der Waals surface area contributed by atoms with Gasteiger partial charge in [-0.05, 0) is 16.3 Å². The molecule has 0 aliphatic carbocycles. The Hall–Kier alpha value is -2.64. The van der Waals surface area contributed by atoms with E-state index in [0.717, 1.165) is 32.7 Å². The molecule has 142 valence electrons. The van der Waals surface area contributed by atoms with Gasteiger partial charge in [-0.3, -0.25) is 4.79 Å². The fourth-order valence-corrected chi connectivity index (χ4v) is 4.62. The third-order valence-corrected chi connectivity index (χ3v) is 6.34. The van der Waals surface area contributed by atoms with Crippen molar-refractivity contribution in [1.29, 1.82) is 0 Å².